The smallest absolute Gasteiger partial charge is 0.193 e. The standard InChI is InChI=1S/C24H31FO6/c1-20(2)30-19-10-16-15-6-5-13-9-14(27)7-8-21(13,3)23(15,25)17(28)11-22(16,4)24(19,31-20)18(29)12-26/h5,7-8,15-17,19,26,28H,6,9-12H2,1-4H3/t15-,16-,17-,19+,21-,22-,23-,24?/m0/s1. The summed E-state index contributed by atoms with van der Waals surface area (Å²) in [5.41, 5.74) is -4.68. The van der Waals surface area contributed by atoms with E-state index in [1.807, 2.05) is 13.0 Å². The first kappa shape index (κ1) is 21.4. The van der Waals surface area contributed by atoms with Crippen LogP contribution in [0.1, 0.15) is 53.4 Å². The van der Waals surface area contributed by atoms with Crippen molar-refractivity contribution in [1.82, 2.24) is 0 Å². The van der Waals surface area contributed by atoms with Gasteiger partial charge in [0.1, 0.15) is 6.61 Å². The average molecular weight is 435 g/mol. The summed E-state index contributed by atoms with van der Waals surface area (Å²) in [7, 11) is 0. The Morgan fingerprint density at radius 2 is 1.97 bits per heavy atom. The summed E-state index contributed by atoms with van der Waals surface area (Å²) in [6.45, 7) is 6.40. The van der Waals surface area contributed by atoms with Gasteiger partial charge in [0.2, 0.25) is 0 Å². The molecule has 8 atom stereocenters. The second kappa shape index (κ2) is 6.13. The molecule has 2 saturated carbocycles. The van der Waals surface area contributed by atoms with Gasteiger partial charge in [0.05, 0.1) is 12.2 Å². The van der Waals surface area contributed by atoms with Crippen LogP contribution in [0.4, 0.5) is 4.39 Å². The van der Waals surface area contributed by atoms with Crippen molar-refractivity contribution in [3.63, 3.8) is 0 Å². The first-order valence-corrected chi connectivity index (χ1v) is 11.2. The number of hydrogen-bond donors (Lipinski definition) is 2. The van der Waals surface area contributed by atoms with Crippen LogP contribution in [0.2, 0.25) is 0 Å². The molecule has 0 radical (unpaired) electrons. The van der Waals surface area contributed by atoms with Crippen LogP contribution in [-0.2, 0) is 19.1 Å². The van der Waals surface area contributed by atoms with E-state index in [0.29, 0.717) is 12.8 Å². The summed E-state index contributed by atoms with van der Waals surface area (Å²) in [6.07, 6.45) is 3.97. The molecule has 4 aliphatic carbocycles. The van der Waals surface area contributed by atoms with Gasteiger partial charge in [-0.25, -0.2) is 4.39 Å². The van der Waals surface area contributed by atoms with Crippen LogP contribution in [0.15, 0.2) is 23.8 Å². The zero-order chi connectivity index (χ0) is 22.6. The highest BCUT2D eigenvalue weighted by atomic mass is 19.1. The first-order valence-electron chi connectivity index (χ1n) is 11.2. The van der Waals surface area contributed by atoms with Crippen molar-refractivity contribution in [1.29, 1.82) is 0 Å². The largest absolute Gasteiger partial charge is 0.390 e. The Bertz CT molecular complexity index is 925. The normalized spacial score (nSPS) is 52.1. The molecule has 1 aliphatic heterocycles. The number of ether oxygens (including phenoxy) is 2. The maximum Gasteiger partial charge on any atom is 0.193 e. The lowest BCUT2D eigenvalue weighted by Crippen LogP contribution is -2.69. The van der Waals surface area contributed by atoms with E-state index in [9.17, 15) is 19.8 Å². The number of alkyl halides is 1. The van der Waals surface area contributed by atoms with E-state index < -0.39 is 58.4 Å². The third-order valence-electron chi connectivity index (χ3n) is 9.16. The molecule has 0 aromatic carbocycles. The summed E-state index contributed by atoms with van der Waals surface area (Å²) in [5, 5.41) is 21.2. The topological polar surface area (TPSA) is 93.1 Å². The van der Waals surface area contributed by atoms with E-state index in [1.54, 1.807) is 26.8 Å². The Kier molecular flexibility index (Phi) is 4.24. The quantitative estimate of drug-likeness (QED) is 0.649. The maximum absolute atomic E-state index is 17.1. The number of fused-ring (bicyclic) bond motifs is 7. The molecule has 0 spiro atoms. The number of carbonyl (C=O) groups is 2. The molecule has 31 heavy (non-hydrogen) atoms. The van der Waals surface area contributed by atoms with Gasteiger partial charge in [0.15, 0.2) is 28.6 Å². The number of aliphatic hydroxyl groups is 2. The van der Waals surface area contributed by atoms with Crippen molar-refractivity contribution in [2.24, 2.45) is 22.7 Å². The molecular formula is C24H31FO6. The fourth-order valence-corrected chi connectivity index (χ4v) is 7.83. The Morgan fingerprint density at radius 1 is 1.26 bits per heavy atom. The van der Waals surface area contributed by atoms with Gasteiger partial charge in [-0.1, -0.05) is 24.6 Å². The van der Waals surface area contributed by atoms with Crippen LogP contribution in [0, 0.1) is 22.7 Å². The minimum absolute atomic E-state index is 0.0109. The number of hydrogen-bond acceptors (Lipinski definition) is 6. The van der Waals surface area contributed by atoms with Crippen molar-refractivity contribution in [3.05, 3.63) is 23.8 Å². The van der Waals surface area contributed by atoms with E-state index in [-0.39, 0.29) is 24.5 Å². The predicted molar refractivity (Wildman–Crippen MR) is 109 cm³/mol. The van der Waals surface area contributed by atoms with E-state index >= 15 is 4.39 Å². The van der Waals surface area contributed by atoms with Gasteiger partial charge in [0, 0.05) is 23.2 Å². The summed E-state index contributed by atoms with van der Waals surface area (Å²) < 4.78 is 29.5. The fraction of sp³-hybridized carbons (Fsp3) is 0.750. The molecular weight excluding hydrogens is 403 g/mol. The van der Waals surface area contributed by atoms with Crippen molar-refractivity contribution < 1.29 is 33.7 Å². The third kappa shape index (κ3) is 2.31. The minimum Gasteiger partial charge on any atom is -0.390 e. The summed E-state index contributed by atoms with van der Waals surface area (Å²) in [4.78, 5) is 25.1. The second-order valence-electron chi connectivity index (χ2n) is 10.9. The van der Waals surface area contributed by atoms with E-state index in [0.717, 1.165) is 5.57 Å². The molecule has 3 fully saturated rings. The monoisotopic (exact) mass is 434 g/mol. The molecule has 0 aromatic rings. The lowest BCUT2D eigenvalue weighted by atomic mass is 9.45. The Labute approximate surface area is 181 Å². The summed E-state index contributed by atoms with van der Waals surface area (Å²) in [5.74, 6) is -2.42. The Balaban J connectivity index is 1.65. The minimum atomic E-state index is -1.98. The molecule has 2 N–H and O–H groups in total. The summed E-state index contributed by atoms with van der Waals surface area (Å²) >= 11 is 0. The molecule has 170 valence electrons. The number of carbonyl (C=O) groups excluding carboxylic acids is 2. The molecule has 6 nitrogen and oxygen atoms in total. The highest BCUT2D eigenvalue weighted by molar-refractivity contribution is 5.94. The van der Waals surface area contributed by atoms with Crippen molar-refractivity contribution in [2.45, 2.75) is 82.6 Å². The Hall–Kier alpha value is -1.41. The molecule has 1 heterocycles. The lowest BCUT2D eigenvalue weighted by molar-refractivity contribution is -0.243. The molecule has 7 heteroatoms. The lowest BCUT2D eigenvalue weighted by Gasteiger charge is -2.62. The highest BCUT2D eigenvalue weighted by Crippen LogP contribution is 2.71. The van der Waals surface area contributed by atoms with Crippen molar-refractivity contribution in [3.8, 4) is 0 Å². The van der Waals surface area contributed by atoms with Crippen molar-refractivity contribution >= 4 is 11.6 Å². The van der Waals surface area contributed by atoms with Gasteiger partial charge in [-0.2, -0.15) is 0 Å². The zero-order valence-electron chi connectivity index (χ0n) is 18.5. The molecule has 0 aromatic heterocycles. The number of aliphatic hydroxyl groups excluding tert-OH is 2. The number of ketones is 2. The molecule has 1 saturated heterocycles. The highest BCUT2D eigenvalue weighted by Gasteiger charge is 2.79. The first-order chi connectivity index (χ1) is 14.4. The van der Waals surface area contributed by atoms with Gasteiger partial charge in [-0.05, 0) is 52.0 Å². The zero-order valence-corrected chi connectivity index (χ0v) is 18.5. The van der Waals surface area contributed by atoms with Gasteiger partial charge in [-0.15, -0.1) is 0 Å². The van der Waals surface area contributed by atoms with Gasteiger partial charge < -0.3 is 19.7 Å². The van der Waals surface area contributed by atoms with E-state index in [1.165, 1.54) is 6.08 Å². The SMILES string of the molecule is CC1(C)O[C@@H]2C[C@H]3[C@@H]4CC=C5CC(=O)C=C[C@]5(C)[C@@]4(F)[C@@H](O)C[C@]3(C)C2(C(=O)CO)O1. The fourth-order valence-electron chi connectivity index (χ4n) is 7.83. The van der Waals surface area contributed by atoms with E-state index in [4.69, 9.17) is 9.47 Å². The predicted octanol–water partition coefficient (Wildman–Crippen LogP) is 2.42. The van der Waals surface area contributed by atoms with Gasteiger partial charge >= 0.3 is 0 Å². The van der Waals surface area contributed by atoms with E-state index in [2.05, 4.69) is 0 Å². The van der Waals surface area contributed by atoms with Crippen LogP contribution in [0.5, 0.6) is 0 Å². The molecule has 0 amide bonds. The molecule has 0 bridgehead atoms. The number of Topliss-reactive ketones (excluding diaryl/α,β-unsaturated/α-hetero) is 1. The summed E-state index contributed by atoms with van der Waals surface area (Å²) in [6, 6.07) is 0. The molecule has 5 rings (SSSR count). The van der Waals surface area contributed by atoms with Crippen LogP contribution in [0.3, 0.4) is 0 Å². The van der Waals surface area contributed by atoms with Crippen LogP contribution in [0.25, 0.3) is 0 Å². The van der Waals surface area contributed by atoms with Gasteiger partial charge in [-0.3, -0.25) is 9.59 Å². The second-order valence-corrected chi connectivity index (χ2v) is 10.9. The van der Waals surface area contributed by atoms with Crippen LogP contribution in [-0.4, -0.2) is 57.7 Å². The van der Waals surface area contributed by atoms with Crippen LogP contribution >= 0.6 is 0 Å². The maximum atomic E-state index is 17.1. The Morgan fingerprint density at radius 3 is 2.65 bits per heavy atom. The van der Waals surface area contributed by atoms with Crippen LogP contribution < -0.4 is 0 Å². The van der Waals surface area contributed by atoms with Crippen molar-refractivity contribution in [2.75, 3.05) is 6.61 Å². The number of halogens is 1. The number of allylic oxidation sites excluding steroid dienone is 4. The molecule has 1 unspecified atom stereocenters. The third-order valence-corrected chi connectivity index (χ3v) is 9.16. The molecule has 5 aliphatic rings. The number of rotatable bonds is 2. The van der Waals surface area contributed by atoms with Gasteiger partial charge in [0.25, 0.3) is 0 Å². The average Bonchev–Trinajstić information content (AvgIpc) is 3.09.